The van der Waals surface area contributed by atoms with Gasteiger partial charge in [0.05, 0.1) is 11.1 Å². The Morgan fingerprint density at radius 2 is 1.44 bits per heavy atom. The number of nitrogens with zero attached hydrogens (tertiary/aromatic N) is 1. The van der Waals surface area contributed by atoms with Crippen LogP contribution in [-0.4, -0.2) is 5.91 Å². The van der Waals surface area contributed by atoms with Crippen molar-refractivity contribution in [1.29, 1.82) is 0 Å². The first-order valence-corrected chi connectivity index (χ1v) is 9.14. The summed E-state index contributed by atoms with van der Waals surface area (Å²) in [5.74, 6) is -0.224. The lowest BCUT2D eigenvalue weighted by atomic mass is 10.1. The summed E-state index contributed by atoms with van der Waals surface area (Å²) in [4.78, 5) is 15.6. The van der Waals surface area contributed by atoms with Crippen molar-refractivity contribution in [3.63, 3.8) is 0 Å². The van der Waals surface area contributed by atoms with Crippen molar-refractivity contribution in [3.8, 4) is 0 Å². The molecular formula is C21H14F3NOS. The van der Waals surface area contributed by atoms with Gasteiger partial charge < -0.3 is 0 Å². The molecule has 0 bridgehead atoms. The summed E-state index contributed by atoms with van der Waals surface area (Å²) in [5, 5.41) is -0.356. The molecule has 3 aromatic carbocycles. The quantitative estimate of drug-likeness (QED) is 0.527. The van der Waals surface area contributed by atoms with Gasteiger partial charge in [-0.1, -0.05) is 54.2 Å². The Morgan fingerprint density at radius 1 is 0.815 bits per heavy atom. The van der Waals surface area contributed by atoms with Crippen LogP contribution in [0.15, 0.2) is 83.8 Å². The summed E-state index contributed by atoms with van der Waals surface area (Å²) in [6.07, 6.45) is -4.41. The third kappa shape index (κ3) is 3.32. The lowest BCUT2D eigenvalue weighted by Crippen LogP contribution is -2.36. The van der Waals surface area contributed by atoms with Crippen molar-refractivity contribution in [2.45, 2.75) is 16.4 Å². The molecule has 0 saturated carbocycles. The van der Waals surface area contributed by atoms with E-state index in [1.54, 1.807) is 17.0 Å². The van der Waals surface area contributed by atoms with Crippen molar-refractivity contribution >= 4 is 23.4 Å². The van der Waals surface area contributed by atoms with Crippen molar-refractivity contribution < 1.29 is 18.0 Å². The molecule has 0 spiro atoms. The number of carbonyl (C=O) groups is 1. The minimum Gasteiger partial charge on any atom is -0.291 e. The van der Waals surface area contributed by atoms with E-state index in [0.717, 1.165) is 22.6 Å². The SMILES string of the molecule is O=C1c2ccccc2SC(c2ccccc2)N1c1ccc(C(F)(F)F)cc1. The number of hydrogen-bond acceptors (Lipinski definition) is 2. The highest BCUT2D eigenvalue weighted by Crippen LogP contribution is 2.46. The van der Waals surface area contributed by atoms with E-state index in [0.29, 0.717) is 11.3 Å². The van der Waals surface area contributed by atoms with Gasteiger partial charge in [0.25, 0.3) is 5.91 Å². The molecule has 2 nitrogen and oxygen atoms in total. The largest absolute Gasteiger partial charge is 0.416 e. The van der Waals surface area contributed by atoms with Crippen LogP contribution in [0, 0.1) is 0 Å². The van der Waals surface area contributed by atoms with Crippen LogP contribution in [0.1, 0.15) is 26.9 Å². The molecule has 136 valence electrons. The number of alkyl halides is 3. The number of anilines is 1. The zero-order valence-corrected chi connectivity index (χ0v) is 14.8. The zero-order chi connectivity index (χ0) is 19.0. The molecule has 1 atom stereocenters. The second-order valence-electron chi connectivity index (χ2n) is 6.10. The Labute approximate surface area is 158 Å². The molecule has 0 radical (unpaired) electrons. The van der Waals surface area contributed by atoms with Gasteiger partial charge in [-0.2, -0.15) is 13.2 Å². The van der Waals surface area contributed by atoms with Crippen LogP contribution >= 0.6 is 11.8 Å². The summed E-state index contributed by atoms with van der Waals surface area (Å²) in [5.41, 5.74) is 1.16. The minimum atomic E-state index is -4.41. The van der Waals surface area contributed by atoms with Gasteiger partial charge in [-0.15, -0.1) is 0 Å². The van der Waals surface area contributed by atoms with E-state index in [1.807, 2.05) is 42.5 Å². The standard InChI is InChI=1S/C21H14F3NOS/c22-21(23,24)15-10-12-16(13-11-15)25-19(26)17-8-4-5-9-18(17)27-20(25)14-6-2-1-3-7-14/h1-13,20H. The first-order chi connectivity index (χ1) is 12.9. The first kappa shape index (κ1) is 17.7. The van der Waals surface area contributed by atoms with Gasteiger partial charge in [-0.3, -0.25) is 9.69 Å². The molecule has 1 aliphatic rings. The van der Waals surface area contributed by atoms with Gasteiger partial charge in [0.15, 0.2) is 0 Å². The Hall–Kier alpha value is -2.73. The van der Waals surface area contributed by atoms with Gasteiger partial charge in [0, 0.05) is 10.6 Å². The first-order valence-electron chi connectivity index (χ1n) is 8.26. The van der Waals surface area contributed by atoms with Gasteiger partial charge >= 0.3 is 6.18 Å². The molecule has 0 fully saturated rings. The molecule has 4 rings (SSSR count). The second kappa shape index (κ2) is 6.78. The lowest BCUT2D eigenvalue weighted by Gasteiger charge is -2.36. The average Bonchev–Trinajstić information content (AvgIpc) is 2.68. The number of fused-ring (bicyclic) bond motifs is 1. The molecule has 27 heavy (non-hydrogen) atoms. The van der Waals surface area contributed by atoms with E-state index in [-0.39, 0.29) is 11.3 Å². The third-order valence-electron chi connectivity index (χ3n) is 4.37. The monoisotopic (exact) mass is 385 g/mol. The molecule has 1 unspecified atom stereocenters. The summed E-state index contributed by atoms with van der Waals surface area (Å²) in [6.45, 7) is 0. The fourth-order valence-corrected chi connectivity index (χ4v) is 4.35. The molecule has 1 heterocycles. The second-order valence-corrected chi connectivity index (χ2v) is 7.22. The predicted molar refractivity (Wildman–Crippen MR) is 99.7 cm³/mol. The molecule has 0 N–H and O–H groups in total. The van der Waals surface area contributed by atoms with Crippen molar-refractivity contribution in [2.24, 2.45) is 0 Å². The van der Waals surface area contributed by atoms with Gasteiger partial charge in [-0.05, 0) is 42.0 Å². The topological polar surface area (TPSA) is 20.3 Å². The minimum absolute atomic E-state index is 0.224. The highest BCUT2D eigenvalue weighted by atomic mass is 32.2. The van der Waals surface area contributed by atoms with Crippen LogP contribution in [0.4, 0.5) is 18.9 Å². The smallest absolute Gasteiger partial charge is 0.291 e. The third-order valence-corrected chi connectivity index (χ3v) is 5.68. The van der Waals surface area contributed by atoms with Crippen molar-refractivity contribution in [1.82, 2.24) is 0 Å². The fraction of sp³-hybridized carbons (Fsp3) is 0.0952. The summed E-state index contributed by atoms with van der Waals surface area (Å²) < 4.78 is 38.7. The molecule has 0 saturated heterocycles. The highest BCUT2D eigenvalue weighted by molar-refractivity contribution is 7.99. The summed E-state index contributed by atoms with van der Waals surface area (Å²) >= 11 is 1.51. The number of amides is 1. The maximum absolute atomic E-state index is 13.2. The Morgan fingerprint density at radius 3 is 2.11 bits per heavy atom. The molecule has 1 amide bonds. The Bertz CT molecular complexity index is 971. The number of thioether (sulfide) groups is 1. The van der Waals surface area contributed by atoms with Crippen LogP contribution in [0.25, 0.3) is 0 Å². The van der Waals surface area contributed by atoms with Crippen LogP contribution < -0.4 is 4.90 Å². The predicted octanol–water partition coefficient (Wildman–Crippen LogP) is 6.16. The molecule has 0 aromatic heterocycles. The molecule has 0 aliphatic carbocycles. The van der Waals surface area contributed by atoms with E-state index < -0.39 is 11.7 Å². The van der Waals surface area contributed by atoms with Gasteiger partial charge in [-0.25, -0.2) is 0 Å². The highest BCUT2D eigenvalue weighted by Gasteiger charge is 2.36. The van der Waals surface area contributed by atoms with Crippen molar-refractivity contribution in [2.75, 3.05) is 4.90 Å². The van der Waals surface area contributed by atoms with Gasteiger partial charge in [0.2, 0.25) is 0 Å². The molecule has 6 heteroatoms. The van der Waals surface area contributed by atoms with Crippen LogP contribution in [0.2, 0.25) is 0 Å². The maximum atomic E-state index is 13.2. The summed E-state index contributed by atoms with van der Waals surface area (Å²) in [6, 6.07) is 21.5. The van der Waals surface area contributed by atoms with E-state index in [9.17, 15) is 18.0 Å². The number of benzene rings is 3. The Kier molecular flexibility index (Phi) is 4.44. The van der Waals surface area contributed by atoms with Crippen LogP contribution in [0.3, 0.4) is 0 Å². The van der Waals surface area contributed by atoms with Crippen LogP contribution in [-0.2, 0) is 6.18 Å². The van der Waals surface area contributed by atoms with E-state index in [1.165, 1.54) is 23.9 Å². The molecule has 3 aromatic rings. The number of carbonyl (C=O) groups excluding carboxylic acids is 1. The summed E-state index contributed by atoms with van der Waals surface area (Å²) in [7, 11) is 0. The zero-order valence-electron chi connectivity index (χ0n) is 14.0. The number of hydrogen-bond donors (Lipinski definition) is 0. The maximum Gasteiger partial charge on any atom is 0.416 e. The van der Waals surface area contributed by atoms with Crippen LogP contribution in [0.5, 0.6) is 0 Å². The number of rotatable bonds is 2. The fourth-order valence-electron chi connectivity index (χ4n) is 3.05. The van der Waals surface area contributed by atoms with E-state index in [2.05, 4.69) is 0 Å². The Balaban J connectivity index is 1.81. The van der Waals surface area contributed by atoms with Crippen molar-refractivity contribution in [3.05, 3.63) is 95.6 Å². The van der Waals surface area contributed by atoms with E-state index >= 15 is 0 Å². The lowest BCUT2D eigenvalue weighted by molar-refractivity contribution is -0.137. The van der Waals surface area contributed by atoms with E-state index in [4.69, 9.17) is 0 Å². The molecular weight excluding hydrogens is 371 g/mol. The average molecular weight is 385 g/mol. The number of halogens is 3. The normalized spacial score (nSPS) is 16.9. The molecule has 1 aliphatic heterocycles. The van der Waals surface area contributed by atoms with Gasteiger partial charge in [0.1, 0.15) is 5.37 Å².